The van der Waals surface area contributed by atoms with E-state index in [4.69, 9.17) is 4.74 Å². The van der Waals surface area contributed by atoms with Crippen molar-refractivity contribution >= 4 is 17.7 Å². The number of fused-ring (bicyclic) bond motifs is 1. The summed E-state index contributed by atoms with van der Waals surface area (Å²) in [4.78, 5) is 31.8. The van der Waals surface area contributed by atoms with Crippen LogP contribution in [0.3, 0.4) is 0 Å². The first-order chi connectivity index (χ1) is 14.8. The third-order valence-electron chi connectivity index (χ3n) is 5.53. The van der Waals surface area contributed by atoms with Gasteiger partial charge in [0.05, 0.1) is 17.8 Å². The van der Waals surface area contributed by atoms with Gasteiger partial charge in [0.1, 0.15) is 6.10 Å². The van der Waals surface area contributed by atoms with Crippen molar-refractivity contribution in [1.82, 2.24) is 14.8 Å². The lowest BCUT2D eigenvalue weighted by molar-refractivity contribution is 0.0437. The molecule has 0 saturated carbocycles. The number of aromatic nitrogens is 1. The highest BCUT2D eigenvalue weighted by Gasteiger charge is 2.34. The van der Waals surface area contributed by atoms with Crippen molar-refractivity contribution in [2.75, 3.05) is 25.5 Å². The Morgan fingerprint density at radius 3 is 2.68 bits per heavy atom. The first kappa shape index (κ1) is 22.4. The minimum atomic E-state index is -1.01. The molecule has 0 saturated heterocycles. The number of carbonyl (C=O) groups is 2. The van der Waals surface area contributed by atoms with Gasteiger partial charge in [-0.05, 0) is 43.7 Å². The molecule has 166 valence electrons. The second-order valence-electron chi connectivity index (χ2n) is 8.24. The second-order valence-corrected chi connectivity index (χ2v) is 8.24. The summed E-state index contributed by atoms with van der Waals surface area (Å²) in [5, 5.41) is 12.7. The van der Waals surface area contributed by atoms with Crippen LogP contribution in [0.1, 0.15) is 36.7 Å². The average Bonchev–Trinajstić information content (AvgIpc) is 2.75. The van der Waals surface area contributed by atoms with E-state index < -0.39 is 12.2 Å². The largest absolute Gasteiger partial charge is 0.485 e. The molecular weight excluding hydrogens is 396 g/mol. The maximum absolute atomic E-state index is 13.3. The summed E-state index contributed by atoms with van der Waals surface area (Å²) in [6, 6.07) is 9.30. The van der Waals surface area contributed by atoms with Crippen molar-refractivity contribution in [2.24, 2.45) is 5.92 Å². The number of benzene rings is 1. The fourth-order valence-electron chi connectivity index (χ4n) is 3.61. The summed E-state index contributed by atoms with van der Waals surface area (Å²) in [5.41, 5.74) is 2.22. The summed E-state index contributed by atoms with van der Waals surface area (Å²) in [5.74, 6) is 0.312. The minimum Gasteiger partial charge on any atom is -0.485 e. The molecule has 8 heteroatoms. The topological polar surface area (TPSA) is 95.0 Å². The summed E-state index contributed by atoms with van der Waals surface area (Å²) in [6.07, 6.45) is 2.04. The van der Waals surface area contributed by atoms with Crippen LogP contribution in [0.5, 0.6) is 5.75 Å². The molecule has 2 atom stereocenters. The fourth-order valence-corrected chi connectivity index (χ4v) is 3.61. The molecule has 0 fully saturated rings. The Bertz CT molecular complexity index is 919. The van der Waals surface area contributed by atoms with Crippen molar-refractivity contribution in [3.8, 4) is 5.75 Å². The normalized spacial score (nSPS) is 18.6. The van der Waals surface area contributed by atoms with Crippen molar-refractivity contribution < 1.29 is 19.4 Å². The van der Waals surface area contributed by atoms with Crippen molar-refractivity contribution in [3.05, 3.63) is 53.9 Å². The highest BCUT2D eigenvalue weighted by atomic mass is 16.5. The van der Waals surface area contributed by atoms with Gasteiger partial charge in [-0.2, -0.15) is 0 Å². The molecule has 0 spiro atoms. The molecule has 31 heavy (non-hydrogen) atoms. The maximum atomic E-state index is 13.3. The van der Waals surface area contributed by atoms with Gasteiger partial charge >= 0.3 is 6.09 Å². The zero-order valence-electron chi connectivity index (χ0n) is 18.4. The number of hydrogen-bond acceptors (Lipinski definition) is 5. The molecule has 1 aliphatic heterocycles. The van der Waals surface area contributed by atoms with Crippen LogP contribution in [0.4, 0.5) is 10.5 Å². The van der Waals surface area contributed by atoms with Crippen LogP contribution >= 0.6 is 0 Å². The highest BCUT2D eigenvalue weighted by Crippen LogP contribution is 2.35. The smallest absolute Gasteiger partial charge is 0.407 e. The van der Waals surface area contributed by atoms with E-state index in [-0.39, 0.29) is 24.4 Å². The molecule has 0 bridgehead atoms. The van der Waals surface area contributed by atoms with E-state index in [0.29, 0.717) is 30.1 Å². The van der Waals surface area contributed by atoms with Gasteiger partial charge in [-0.3, -0.25) is 9.78 Å². The van der Waals surface area contributed by atoms with Gasteiger partial charge in [-0.15, -0.1) is 0 Å². The molecule has 3 rings (SSSR count). The monoisotopic (exact) mass is 426 g/mol. The van der Waals surface area contributed by atoms with Gasteiger partial charge in [0.25, 0.3) is 5.91 Å². The van der Waals surface area contributed by atoms with Crippen LogP contribution < -0.4 is 10.1 Å². The van der Waals surface area contributed by atoms with Crippen molar-refractivity contribution in [1.29, 1.82) is 0 Å². The molecule has 2 heterocycles. The van der Waals surface area contributed by atoms with Crippen LogP contribution in [-0.2, 0) is 6.54 Å². The molecule has 0 unspecified atom stereocenters. The number of anilines is 1. The molecule has 2 N–H and O–H groups in total. The maximum Gasteiger partial charge on any atom is 0.407 e. The summed E-state index contributed by atoms with van der Waals surface area (Å²) in [7, 11) is 1.52. The predicted octanol–water partition coefficient (Wildman–Crippen LogP) is 3.55. The Hall–Kier alpha value is -3.29. The van der Waals surface area contributed by atoms with E-state index >= 15 is 0 Å². The number of nitrogens with one attached hydrogen (secondary N) is 1. The van der Waals surface area contributed by atoms with Crippen LogP contribution in [0, 0.1) is 5.92 Å². The Morgan fingerprint density at radius 1 is 1.32 bits per heavy atom. The summed E-state index contributed by atoms with van der Waals surface area (Å²) < 4.78 is 6.36. The Kier molecular flexibility index (Phi) is 6.99. The summed E-state index contributed by atoms with van der Waals surface area (Å²) >= 11 is 0. The highest BCUT2D eigenvalue weighted by molar-refractivity contribution is 5.99. The zero-order valence-corrected chi connectivity index (χ0v) is 18.4. The Morgan fingerprint density at radius 2 is 2.03 bits per heavy atom. The number of ether oxygens (including phenoxy) is 1. The molecule has 1 aliphatic rings. The Labute approximate surface area is 182 Å². The van der Waals surface area contributed by atoms with Gasteiger partial charge in [-0.25, -0.2) is 4.79 Å². The molecule has 0 radical (unpaired) electrons. The number of carbonyl (C=O) groups excluding carboxylic acids is 1. The lowest BCUT2D eigenvalue weighted by Gasteiger charge is -2.38. The molecule has 8 nitrogen and oxygen atoms in total. The van der Waals surface area contributed by atoms with Gasteiger partial charge in [0.15, 0.2) is 5.75 Å². The average molecular weight is 427 g/mol. The molecule has 2 amide bonds. The van der Waals surface area contributed by atoms with Gasteiger partial charge in [0.2, 0.25) is 0 Å². The van der Waals surface area contributed by atoms with E-state index in [2.05, 4.69) is 10.3 Å². The molecule has 2 aromatic rings. The standard InChI is InChI=1S/C23H30N4O4/c1-15(2)27-13-16(3)20(14-26(4)23(29)30)31-21-18(22(27)28)6-5-7-19(21)25-12-17-8-10-24-11-9-17/h5-11,15-16,20,25H,12-14H2,1-4H3,(H,29,30)/t16-,20+/m1/s1. The quantitative estimate of drug-likeness (QED) is 0.734. The number of rotatable bonds is 6. The third kappa shape index (κ3) is 5.25. The van der Waals surface area contributed by atoms with Crippen molar-refractivity contribution in [3.63, 3.8) is 0 Å². The summed E-state index contributed by atoms with van der Waals surface area (Å²) in [6.45, 7) is 7.19. The first-order valence-corrected chi connectivity index (χ1v) is 10.5. The van der Waals surface area contributed by atoms with Gasteiger partial charge < -0.3 is 25.0 Å². The molecule has 0 aliphatic carbocycles. The predicted molar refractivity (Wildman–Crippen MR) is 118 cm³/mol. The van der Waals surface area contributed by atoms with Crippen LogP contribution in [0.25, 0.3) is 0 Å². The van der Waals surface area contributed by atoms with Crippen LogP contribution in [0.2, 0.25) is 0 Å². The zero-order chi connectivity index (χ0) is 22.5. The third-order valence-corrected chi connectivity index (χ3v) is 5.53. The molecule has 1 aromatic carbocycles. The van der Waals surface area contributed by atoms with Gasteiger partial charge in [-0.1, -0.05) is 13.0 Å². The lowest BCUT2D eigenvalue weighted by atomic mass is 9.99. The van der Waals surface area contributed by atoms with Crippen LogP contribution in [0.15, 0.2) is 42.7 Å². The van der Waals surface area contributed by atoms with E-state index in [9.17, 15) is 14.7 Å². The number of likely N-dealkylation sites (N-methyl/N-ethyl adjacent to an activating group) is 1. The van der Waals surface area contributed by atoms with Gasteiger partial charge in [0, 0.05) is 44.5 Å². The minimum absolute atomic E-state index is 0.00666. The first-order valence-electron chi connectivity index (χ1n) is 10.5. The second kappa shape index (κ2) is 9.68. The Balaban J connectivity index is 1.98. The molecule has 1 aromatic heterocycles. The number of amides is 2. The number of carboxylic acid groups (broad SMARTS) is 1. The van der Waals surface area contributed by atoms with Crippen LogP contribution in [-0.4, -0.2) is 64.2 Å². The number of nitrogens with zero attached hydrogens (tertiary/aromatic N) is 3. The van der Waals surface area contributed by atoms with E-state index in [0.717, 1.165) is 5.56 Å². The van der Waals surface area contributed by atoms with E-state index in [1.54, 1.807) is 18.5 Å². The van der Waals surface area contributed by atoms with E-state index in [1.165, 1.54) is 11.9 Å². The molecular formula is C23H30N4O4. The SMILES string of the molecule is CC(C)N1C[C@@H](C)[C@H](CN(C)C(=O)O)Oc2c(NCc3ccncc3)cccc2C1=O. The fraction of sp³-hybridized carbons (Fsp3) is 0.435. The number of hydrogen-bond donors (Lipinski definition) is 2. The lowest BCUT2D eigenvalue weighted by Crippen LogP contribution is -2.49. The number of para-hydroxylation sites is 1. The van der Waals surface area contributed by atoms with E-state index in [1.807, 2.05) is 49.9 Å². The number of pyridine rings is 1. The van der Waals surface area contributed by atoms with Crippen molar-refractivity contribution in [2.45, 2.75) is 39.5 Å².